The lowest BCUT2D eigenvalue weighted by Crippen LogP contribution is -2.38. The Balaban J connectivity index is 1.24. The molecule has 1 amide bonds. The van der Waals surface area contributed by atoms with Gasteiger partial charge in [-0.3, -0.25) is 9.59 Å². The summed E-state index contributed by atoms with van der Waals surface area (Å²) in [6, 6.07) is 13.7. The molecule has 0 radical (unpaired) electrons. The van der Waals surface area contributed by atoms with Gasteiger partial charge in [-0.05, 0) is 92.2 Å². The maximum atomic E-state index is 12.8. The Morgan fingerprint density at radius 1 is 1.05 bits per heavy atom. The average Bonchev–Trinajstić information content (AvgIpc) is 3.51. The molecular weight excluding hydrogens is 512 g/mol. The second-order valence-corrected chi connectivity index (χ2v) is 11.4. The Hall–Kier alpha value is -3.38. The lowest BCUT2D eigenvalue weighted by Gasteiger charge is -2.30. The van der Waals surface area contributed by atoms with Gasteiger partial charge in [0, 0.05) is 49.4 Å². The van der Waals surface area contributed by atoms with Gasteiger partial charge in [-0.2, -0.15) is 0 Å². The number of fused-ring (bicyclic) bond motifs is 1. The standard InChI is InChI=1S/C35H46N2O4/c1-4-31(28-15-18-34-32(23-28)26(2)19-22-41-34)29(25-37-20-9-10-21-37)24-36-35(39)12-8-6-5-7-11-33(38)27-13-16-30(40-3)17-14-27/h4,13-18,23,29,31H,1-2,5-12,19-22,24-25H2,3H3,(H,36,39)/t29?,31-/m1/s1. The summed E-state index contributed by atoms with van der Waals surface area (Å²) in [6.07, 6.45) is 9.95. The van der Waals surface area contributed by atoms with Crippen LogP contribution in [-0.2, 0) is 4.79 Å². The second-order valence-electron chi connectivity index (χ2n) is 11.4. The van der Waals surface area contributed by atoms with Gasteiger partial charge in [0.1, 0.15) is 11.5 Å². The van der Waals surface area contributed by atoms with Gasteiger partial charge in [-0.15, -0.1) is 6.58 Å². The first-order valence-electron chi connectivity index (χ1n) is 15.2. The van der Waals surface area contributed by atoms with E-state index in [-0.39, 0.29) is 23.5 Å². The molecule has 2 aliphatic rings. The number of amides is 1. The first-order valence-corrected chi connectivity index (χ1v) is 15.2. The molecule has 41 heavy (non-hydrogen) atoms. The van der Waals surface area contributed by atoms with E-state index >= 15 is 0 Å². The van der Waals surface area contributed by atoms with Crippen molar-refractivity contribution in [1.29, 1.82) is 0 Å². The summed E-state index contributed by atoms with van der Waals surface area (Å²) in [5, 5.41) is 3.23. The first kappa shape index (κ1) is 30.6. The van der Waals surface area contributed by atoms with Gasteiger partial charge < -0.3 is 19.7 Å². The SMILES string of the molecule is C=C[C@H](c1ccc2c(c1)C(=C)CCO2)C(CNC(=O)CCCCCCC(=O)c1ccc(OC)cc1)CN1CCCC1. The molecule has 6 nitrogen and oxygen atoms in total. The largest absolute Gasteiger partial charge is 0.497 e. The number of benzene rings is 2. The molecule has 1 fully saturated rings. The van der Waals surface area contributed by atoms with E-state index in [4.69, 9.17) is 9.47 Å². The zero-order valence-corrected chi connectivity index (χ0v) is 24.7. The maximum Gasteiger partial charge on any atom is 0.220 e. The van der Waals surface area contributed by atoms with E-state index in [1.54, 1.807) is 7.11 Å². The number of nitrogens with zero attached hydrogens (tertiary/aromatic N) is 1. The monoisotopic (exact) mass is 558 g/mol. The van der Waals surface area contributed by atoms with E-state index in [0.717, 1.165) is 79.9 Å². The first-order chi connectivity index (χ1) is 20.0. The van der Waals surface area contributed by atoms with Crippen LogP contribution in [0.1, 0.15) is 85.2 Å². The summed E-state index contributed by atoms with van der Waals surface area (Å²) in [4.78, 5) is 27.7. The lowest BCUT2D eigenvalue weighted by molar-refractivity contribution is -0.121. The molecule has 0 bridgehead atoms. The Kier molecular flexibility index (Phi) is 11.6. The molecule has 2 aromatic rings. The molecule has 4 rings (SSSR count). The van der Waals surface area contributed by atoms with E-state index in [2.05, 4.69) is 41.6 Å². The number of allylic oxidation sites excluding steroid dienone is 1. The van der Waals surface area contributed by atoms with Gasteiger partial charge in [-0.1, -0.05) is 31.6 Å². The Bertz CT molecular complexity index is 1180. The minimum atomic E-state index is 0.0979. The molecule has 0 aliphatic carbocycles. The van der Waals surface area contributed by atoms with Crippen molar-refractivity contribution in [2.24, 2.45) is 5.92 Å². The molecule has 220 valence electrons. The third-order valence-corrected chi connectivity index (χ3v) is 8.42. The topological polar surface area (TPSA) is 67.9 Å². The van der Waals surface area contributed by atoms with E-state index < -0.39 is 0 Å². The van der Waals surface area contributed by atoms with E-state index in [0.29, 0.717) is 26.0 Å². The number of methoxy groups -OCH3 is 1. The molecule has 2 heterocycles. The van der Waals surface area contributed by atoms with Crippen LogP contribution in [0.15, 0.2) is 61.7 Å². The van der Waals surface area contributed by atoms with Crippen molar-refractivity contribution >= 4 is 17.3 Å². The molecule has 0 aromatic heterocycles. The number of hydrogen-bond donors (Lipinski definition) is 1. The van der Waals surface area contributed by atoms with E-state index in [1.807, 2.05) is 30.3 Å². The van der Waals surface area contributed by atoms with Crippen molar-refractivity contribution in [3.8, 4) is 11.5 Å². The van der Waals surface area contributed by atoms with Gasteiger partial charge in [0.15, 0.2) is 5.78 Å². The predicted octanol–water partition coefficient (Wildman–Crippen LogP) is 6.81. The summed E-state index contributed by atoms with van der Waals surface area (Å²) in [6.45, 7) is 12.9. The van der Waals surface area contributed by atoms with Gasteiger partial charge in [0.05, 0.1) is 13.7 Å². The van der Waals surface area contributed by atoms with Crippen LogP contribution in [0.5, 0.6) is 11.5 Å². The van der Waals surface area contributed by atoms with Crippen LogP contribution in [0.3, 0.4) is 0 Å². The summed E-state index contributed by atoms with van der Waals surface area (Å²) in [5.41, 5.74) is 4.13. The van der Waals surface area contributed by atoms with Crippen molar-refractivity contribution in [1.82, 2.24) is 10.2 Å². The van der Waals surface area contributed by atoms with E-state index in [1.165, 1.54) is 18.4 Å². The maximum absolute atomic E-state index is 12.8. The average molecular weight is 559 g/mol. The van der Waals surface area contributed by atoms with Crippen molar-refractivity contribution in [3.05, 3.63) is 78.4 Å². The summed E-state index contributed by atoms with van der Waals surface area (Å²) in [5.74, 6) is 2.26. The highest BCUT2D eigenvalue weighted by molar-refractivity contribution is 5.96. The number of likely N-dealkylation sites (tertiary alicyclic amines) is 1. The fourth-order valence-corrected chi connectivity index (χ4v) is 5.96. The van der Waals surface area contributed by atoms with Gasteiger partial charge in [0.25, 0.3) is 0 Å². The van der Waals surface area contributed by atoms with Crippen molar-refractivity contribution in [3.63, 3.8) is 0 Å². The molecular formula is C35H46N2O4. The number of nitrogens with one attached hydrogen (secondary N) is 1. The van der Waals surface area contributed by atoms with Crippen LogP contribution in [0.2, 0.25) is 0 Å². The predicted molar refractivity (Wildman–Crippen MR) is 166 cm³/mol. The smallest absolute Gasteiger partial charge is 0.220 e. The molecule has 1 N–H and O–H groups in total. The van der Waals surface area contributed by atoms with Crippen molar-refractivity contribution < 1.29 is 19.1 Å². The molecule has 2 atom stereocenters. The molecule has 1 saturated heterocycles. The van der Waals surface area contributed by atoms with Crippen LogP contribution >= 0.6 is 0 Å². The fourth-order valence-electron chi connectivity index (χ4n) is 5.96. The Labute approximate surface area is 245 Å². The van der Waals surface area contributed by atoms with Crippen LogP contribution < -0.4 is 14.8 Å². The number of carbonyl (C=O) groups excluding carboxylic acids is 2. The van der Waals surface area contributed by atoms with Crippen molar-refractivity contribution in [2.45, 2.75) is 63.7 Å². The van der Waals surface area contributed by atoms with Crippen molar-refractivity contribution in [2.75, 3.05) is 39.9 Å². The summed E-state index contributed by atoms with van der Waals surface area (Å²) < 4.78 is 11.0. The quantitative estimate of drug-likeness (QED) is 0.139. The number of Topliss-reactive ketones (excluding diaryl/α,β-unsaturated/α-hetero) is 1. The number of rotatable bonds is 16. The number of unbranched alkanes of at least 4 members (excludes halogenated alkanes) is 3. The molecule has 6 heteroatoms. The number of ether oxygens (including phenoxy) is 2. The minimum Gasteiger partial charge on any atom is -0.497 e. The molecule has 0 spiro atoms. The second kappa shape index (κ2) is 15.6. The highest BCUT2D eigenvalue weighted by Crippen LogP contribution is 2.36. The van der Waals surface area contributed by atoms with Gasteiger partial charge in [-0.25, -0.2) is 0 Å². The normalized spacial score (nSPS) is 16.4. The molecule has 2 aromatic carbocycles. The lowest BCUT2D eigenvalue weighted by atomic mass is 9.83. The van der Waals surface area contributed by atoms with Crippen LogP contribution in [-0.4, -0.2) is 56.5 Å². The highest BCUT2D eigenvalue weighted by Gasteiger charge is 2.26. The van der Waals surface area contributed by atoms with Gasteiger partial charge in [0.2, 0.25) is 5.91 Å². The number of ketones is 1. The zero-order chi connectivity index (χ0) is 29.0. The van der Waals surface area contributed by atoms with Crippen LogP contribution in [0, 0.1) is 5.92 Å². The summed E-state index contributed by atoms with van der Waals surface area (Å²) in [7, 11) is 1.62. The van der Waals surface area contributed by atoms with E-state index in [9.17, 15) is 9.59 Å². The third-order valence-electron chi connectivity index (χ3n) is 8.42. The Morgan fingerprint density at radius 2 is 1.78 bits per heavy atom. The highest BCUT2D eigenvalue weighted by atomic mass is 16.5. The summed E-state index contributed by atoms with van der Waals surface area (Å²) >= 11 is 0. The molecule has 1 unspecified atom stereocenters. The third kappa shape index (κ3) is 8.80. The minimum absolute atomic E-state index is 0.0979. The van der Waals surface area contributed by atoms with Crippen LogP contribution in [0.25, 0.3) is 5.57 Å². The van der Waals surface area contributed by atoms with Crippen LogP contribution in [0.4, 0.5) is 0 Å². The fraction of sp³-hybridized carbons (Fsp3) is 0.486. The number of carbonyl (C=O) groups is 2. The Morgan fingerprint density at radius 3 is 2.49 bits per heavy atom. The molecule has 0 saturated carbocycles. The van der Waals surface area contributed by atoms with Gasteiger partial charge >= 0.3 is 0 Å². The molecule has 2 aliphatic heterocycles. The number of hydrogen-bond acceptors (Lipinski definition) is 5. The zero-order valence-electron chi connectivity index (χ0n) is 24.7.